The molecule has 19 heavy (non-hydrogen) atoms. The molecule has 3 nitrogen and oxygen atoms in total. The number of carbonyl (C=O) groups excluding carboxylic acids is 1. The number of halogens is 1. The second-order valence-corrected chi connectivity index (χ2v) is 5.49. The van der Waals surface area contributed by atoms with Crippen LogP contribution < -0.4 is 5.32 Å². The van der Waals surface area contributed by atoms with E-state index in [-0.39, 0.29) is 11.7 Å². The van der Waals surface area contributed by atoms with Gasteiger partial charge in [-0.15, -0.1) is 0 Å². The number of rotatable bonds is 4. The van der Waals surface area contributed by atoms with Crippen LogP contribution in [0.15, 0.2) is 24.3 Å². The Hall–Kier alpha value is -1.42. The summed E-state index contributed by atoms with van der Waals surface area (Å²) in [6, 6.07) is 6.67. The lowest BCUT2D eigenvalue weighted by atomic mass is 10.1. The fraction of sp³-hybridized carbons (Fsp3) is 0.533. The van der Waals surface area contributed by atoms with Crippen LogP contribution >= 0.6 is 0 Å². The van der Waals surface area contributed by atoms with Crippen molar-refractivity contribution < 1.29 is 9.18 Å². The van der Waals surface area contributed by atoms with E-state index in [0.717, 1.165) is 32.4 Å². The van der Waals surface area contributed by atoms with Gasteiger partial charge in [-0.2, -0.15) is 0 Å². The van der Waals surface area contributed by atoms with Crippen molar-refractivity contribution in [1.82, 2.24) is 10.2 Å². The monoisotopic (exact) mass is 262 g/mol. The highest BCUT2D eigenvalue weighted by molar-refractivity contribution is 5.94. The fourth-order valence-corrected chi connectivity index (χ4v) is 2.69. The van der Waals surface area contributed by atoms with Crippen molar-refractivity contribution in [2.75, 3.05) is 13.1 Å². The van der Waals surface area contributed by atoms with Crippen LogP contribution in [0.5, 0.6) is 0 Å². The van der Waals surface area contributed by atoms with Gasteiger partial charge in [-0.1, -0.05) is 0 Å². The molecule has 1 saturated carbocycles. The van der Waals surface area contributed by atoms with Crippen molar-refractivity contribution >= 4 is 5.91 Å². The lowest BCUT2D eigenvalue weighted by molar-refractivity contribution is 0.0728. The SMILES string of the molecule is O=C(c1ccc(F)cc1)N(CC1CCCN1)C1CC1. The highest BCUT2D eigenvalue weighted by Crippen LogP contribution is 2.29. The quantitative estimate of drug-likeness (QED) is 0.902. The first-order valence-corrected chi connectivity index (χ1v) is 7.04. The third-order valence-electron chi connectivity index (χ3n) is 3.92. The van der Waals surface area contributed by atoms with Crippen LogP contribution in [0.25, 0.3) is 0 Å². The Morgan fingerprint density at radius 1 is 1.26 bits per heavy atom. The van der Waals surface area contributed by atoms with Crippen LogP contribution in [-0.4, -0.2) is 36.0 Å². The number of nitrogens with zero attached hydrogens (tertiary/aromatic N) is 1. The molecule has 1 atom stereocenters. The molecule has 4 heteroatoms. The van der Waals surface area contributed by atoms with E-state index in [1.807, 2.05) is 4.90 Å². The summed E-state index contributed by atoms with van der Waals surface area (Å²) in [5, 5.41) is 3.43. The van der Waals surface area contributed by atoms with Crippen LogP contribution in [0.3, 0.4) is 0 Å². The van der Waals surface area contributed by atoms with Gasteiger partial charge < -0.3 is 10.2 Å². The predicted octanol–water partition coefficient (Wildman–Crippen LogP) is 2.18. The van der Waals surface area contributed by atoms with Gasteiger partial charge in [0.05, 0.1) is 0 Å². The second-order valence-electron chi connectivity index (χ2n) is 5.49. The van der Waals surface area contributed by atoms with Crippen LogP contribution in [0.4, 0.5) is 4.39 Å². The lowest BCUT2D eigenvalue weighted by Crippen LogP contribution is -2.42. The molecule has 1 unspecified atom stereocenters. The fourth-order valence-electron chi connectivity index (χ4n) is 2.69. The minimum atomic E-state index is -0.299. The molecule has 1 amide bonds. The molecule has 1 N–H and O–H groups in total. The van der Waals surface area contributed by atoms with E-state index >= 15 is 0 Å². The summed E-state index contributed by atoms with van der Waals surface area (Å²) in [5.41, 5.74) is 0.589. The molecule has 1 aliphatic heterocycles. The number of carbonyl (C=O) groups is 1. The zero-order valence-electron chi connectivity index (χ0n) is 10.9. The Morgan fingerprint density at radius 3 is 2.58 bits per heavy atom. The number of benzene rings is 1. The van der Waals surface area contributed by atoms with E-state index in [9.17, 15) is 9.18 Å². The molecule has 0 aromatic heterocycles. The minimum Gasteiger partial charge on any atom is -0.334 e. The standard InChI is InChI=1S/C15H19FN2O/c16-12-5-3-11(4-6-12)15(19)18(14-7-8-14)10-13-2-1-9-17-13/h3-6,13-14,17H,1-2,7-10H2. The zero-order chi connectivity index (χ0) is 13.2. The highest BCUT2D eigenvalue weighted by Gasteiger charge is 2.34. The van der Waals surface area contributed by atoms with Crippen molar-refractivity contribution in [2.24, 2.45) is 0 Å². The average Bonchev–Trinajstić information content (AvgIpc) is 3.13. The summed E-state index contributed by atoms with van der Waals surface area (Å²) in [6.07, 6.45) is 4.52. The molecule has 1 aliphatic carbocycles. The molecule has 3 rings (SSSR count). The third-order valence-corrected chi connectivity index (χ3v) is 3.92. The van der Waals surface area contributed by atoms with E-state index in [4.69, 9.17) is 0 Å². The summed E-state index contributed by atoms with van der Waals surface area (Å²) < 4.78 is 12.9. The van der Waals surface area contributed by atoms with Crippen molar-refractivity contribution in [3.05, 3.63) is 35.6 Å². The van der Waals surface area contributed by atoms with Gasteiger partial charge >= 0.3 is 0 Å². The maximum absolute atomic E-state index is 12.9. The summed E-state index contributed by atoms with van der Waals surface area (Å²) in [5.74, 6) is -0.261. The van der Waals surface area contributed by atoms with Crippen LogP contribution in [-0.2, 0) is 0 Å². The lowest BCUT2D eigenvalue weighted by Gasteiger charge is -2.26. The number of hydrogen-bond acceptors (Lipinski definition) is 2. The Kier molecular flexibility index (Phi) is 3.51. The molecule has 1 heterocycles. The van der Waals surface area contributed by atoms with Gasteiger partial charge in [0, 0.05) is 24.2 Å². The second kappa shape index (κ2) is 5.29. The van der Waals surface area contributed by atoms with Crippen molar-refractivity contribution in [3.63, 3.8) is 0 Å². The first kappa shape index (κ1) is 12.6. The molecule has 102 valence electrons. The topological polar surface area (TPSA) is 32.3 Å². The Bertz CT molecular complexity index is 450. The Balaban J connectivity index is 1.71. The molecule has 0 bridgehead atoms. The summed E-state index contributed by atoms with van der Waals surface area (Å²) in [4.78, 5) is 14.5. The van der Waals surface area contributed by atoms with Gasteiger partial charge in [-0.3, -0.25) is 4.79 Å². The van der Waals surface area contributed by atoms with Gasteiger partial charge in [0.2, 0.25) is 0 Å². The van der Waals surface area contributed by atoms with Crippen LogP contribution in [0.1, 0.15) is 36.0 Å². The maximum atomic E-state index is 12.9. The first-order chi connectivity index (χ1) is 9.24. The summed E-state index contributed by atoms with van der Waals surface area (Å²) >= 11 is 0. The van der Waals surface area contributed by atoms with E-state index in [1.54, 1.807) is 12.1 Å². The predicted molar refractivity (Wildman–Crippen MR) is 71.5 cm³/mol. The van der Waals surface area contributed by atoms with Crippen LogP contribution in [0, 0.1) is 5.82 Å². The molecule has 1 aromatic rings. The van der Waals surface area contributed by atoms with E-state index in [1.165, 1.54) is 18.6 Å². The molecule has 0 spiro atoms. The third kappa shape index (κ3) is 2.95. The first-order valence-electron chi connectivity index (χ1n) is 7.04. The summed E-state index contributed by atoms with van der Waals surface area (Å²) in [6.45, 7) is 1.83. The van der Waals surface area contributed by atoms with Crippen molar-refractivity contribution in [3.8, 4) is 0 Å². The van der Waals surface area contributed by atoms with E-state index in [0.29, 0.717) is 17.6 Å². The van der Waals surface area contributed by atoms with E-state index < -0.39 is 0 Å². The Morgan fingerprint density at radius 2 is 2.00 bits per heavy atom. The average molecular weight is 262 g/mol. The number of hydrogen-bond donors (Lipinski definition) is 1. The minimum absolute atomic E-state index is 0.0381. The van der Waals surface area contributed by atoms with Crippen LogP contribution in [0.2, 0.25) is 0 Å². The molecular weight excluding hydrogens is 243 g/mol. The molecule has 2 aliphatic rings. The van der Waals surface area contributed by atoms with Crippen molar-refractivity contribution in [2.45, 2.75) is 37.8 Å². The molecule has 2 fully saturated rings. The number of amides is 1. The molecule has 1 aromatic carbocycles. The molecular formula is C15H19FN2O. The van der Waals surface area contributed by atoms with Gasteiger partial charge in [0.15, 0.2) is 0 Å². The van der Waals surface area contributed by atoms with E-state index in [2.05, 4.69) is 5.32 Å². The van der Waals surface area contributed by atoms with Gasteiger partial charge in [0.25, 0.3) is 5.91 Å². The largest absolute Gasteiger partial charge is 0.334 e. The molecule has 0 radical (unpaired) electrons. The zero-order valence-corrected chi connectivity index (χ0v) is 10.9. The van der Waals surface area contributed by atoms with Gasteiger partial charge in [-0.05, 0) is 56.5 Å². The smallest absolute Gasteiger partial charge is 0.254 e. The highest BCUT2D eigenvalue weighted by atomic mass is 19.1. The number of nitrogens with one attached hydrogen (secondary N) is 1. The van der Waals surface area contributed by atoms with Crippen molar-refractivity contribution in [1.29, 1.82) is 0 Å². The van der Waals surface area contributed by atoms with Gasteiger partial charge in [-0.25, -0.2) is 4.39 Å². The maximum Gasteiger partial charge on any atom is 0.254 e. The summed E-state index contributed by atoms with van der Waals surface area (Å²) in [7, 11) is 0. The van der Waals surface area contributed by atoms with Gasteiger partial charge in [0.1, 0.15) is 5.82 Å². The normalized spacial score (nSPS) is 22.5. The Labute approximate surface area is 112 Å². The molecule has 1 saturated heterocycles.